The van der Waals surface area contributed by atoms with Crippen molar-refractivity contribution >= 4 is 50.9 Å². The molecule has 0 spiro atoms. The summed E-state index contributed by atoms with van der Waals surface area (Å²) >= 11 is 9.36. The monoisotopic (exact) mass is 563 g/mol. The molecule has 7 heteroatoms. The van der Waals surface area contributed by atoms with Crippen molar-refractivity contribution in [2.45, 2.75) is 76.0 Å². The fourth-order valence-corrected chi connectivity index (χ4v) is 4.19. The van der Waals surface area contributed by atoms with Crippen LogP contribution in [0, 0.1) is 0 Å². The van der Waals surface area contributed by atoms with E-state index in [1.807, 2.05) is 0 Å². The summed E-state index contributed by atoms with van der Waals surface area (Å²) in [4.78, 5) is 36.4. The molecule has 5 nitrogen and oxygen atoms in total. The molecule has 0 aliphatic carbocycles. The van der Waals surface area contributed by atoms with Crippen molar-refractivity contribution in [1.29, 1.82) is 0 Å². The van der Waals surface area contributed by atoms with E-state index in [1.54, 1.807) is 36.4 Å². The number of halogens is 2. The van der Waals surface area contributed by atoms with Gasteiger partial charge in [0.05, 0.1) is 22.9 Å². The highest BCUT2D eigenvalue weighted by Crippen LogP contribution is 2.25. The smallest absolute Gasteiger partial charge is 0.338 e. The topological polar surface area (TPSA) is 72.5 Å². The number of Topliss-reactive ketones (excluding diaryl/α,β-unsaturated/α-hetero) is 1. The average Bonchev–Trinajstić information content (AvgIpc) is 2.88. The molecule has 0 saturated carbocycles. The van der Waals surface area contributed by atoms with Gasteiger partial charge in [-0.2, -0.15) is 0 Å². The molecule has 0 radical (unpaired) electrons. The van der Waals surface area contributed by atoms with Crippen molar-refractivity contribution in [3.63, 3.8) is 0 Å². The van der Waals surface area contributed by atoms with E-state index in [2.05, 4.69) is 28.2 Å². The molecule has 2 aromatic rings. The summed E-state index contributed by atoms with van der Waals surface area (Å²) in [7, 11) is 0. The van der Waals surface area contributed by atoms with Crippen molar-refractivity contribution in [1.82, 2.24) is 0 Å². The van der Waals surface area contributed by atoms with Crippen molar-refractivity contribution in [3.8, 4) is 0 Å². The van der Waals surface area contributed by atoms with Crippen LogP contribution in [0.15, 0.2) is 48.5 Å². The number of carbonyl (C=O) groups excluding carboxylic acids is 3. The third-order valence-electron chi connectivity index (χ3n) is 5.71. The first-order chi connectivity index (χ1) is 16.9. The molecule has 35 heavy (non-hydrogen) atoms. The predicted molar refractivity (Wildman–Crippen MR) is 146 cm³/mol. The molecule has 0 bridgehead atoms. The van der Waals surface area contributed by atoms with E-state index in [0.717, 1.165) is 19.3 Å². The maximum Gasteiger partial charge on any atom is 0.338 e. The Balaban J connectivity index is 1.75. The normalized spacial score (nSPS) is 11.6. The minimum atomic E-state index is -1.09. The fraction of sp³-hybridized carbons (Fsp3) is 0.464. The zero-order chi connectivity index (χ0) is 25.5. The van der Waals surface area contributed by atoms with Crippen molar-refractivity contribution in [3.05, 3.63) is 64.7 Å². The van der Waals surface area contributed by atoms with Gasteiger partial charge in [-0.05, 0) is 24.6 Å². The lowest BCUT2D eigenvalue weighted by atomic mass is 10.1. The van der Waals surface area contributed by atoms with Gasteiger partial charge in [-0.15, -0.1) is 0 Å². The number of anilines is 1. The number of amides is 1. The highest BCUT2D eigenvalue weighted by Gasteiger charge is 2.25. The predicted octanol–water partition coefficient (Wildman–Crippen LogP) is 8.00. The second-order valence-electron chi connectivity index (χ2n) is 8.59. The van der Waals surface area contributed by atoms with Gasteiger partial charge >= 0.3 is 5.97 Å². The lowest BCUT2D eigenvalue weighted by Crippen LogP contribution is -2.30. The molecular formula is C28H35BrClNO4. The number of benzene rings is 2. The maximum absolute atomic E-state index is 12.6. The molecule has 1 N–H and O–H groups in total. The van der Waals surface area contributed by atoms with Gasteiger partial charge in [0.15, 0.2) is 10.6 Å². The minimum Gasteiger partial charge on any atom is -0.462 e. The van der Waals surface area contributed by atoms with Crippen LogP contribution >= 0.6 is 27.5 Å². The Labute approximate surface area is 222 Å². The number of carbonyl (C=O) groups is 3. The largest absolute Gasteiger partial charge is 0.462 e. The molecule has 2 rings (SSSR count). The van der Waals surface area contributed by atoms with Gasteiger partial charge in [0.1, 0.15) is 0 Å². The van der Waals surface area contributed by atoms with E-state index in [0.29, 0.717) is 12.2 Å². The summed E-state index contributed by atoms with van der Waals surface area (Å²) in [5.74, 6) is -1.41. The van der Waals surface area contributed by atoms with Gasteiger partial charge in [0.25, 0.3) is 0 Å². The number of unbranched alkanes of at least 4 members (excludes halogenated alkanes) is 9. The van der Waals surface area contributed by atoms with Crippen molar-refractivity contribution in [2.75, 3.05) is 11.9 Å². The van der Waals surface area contributed by atoms with E-state index < -0.39 is 16.7 Å². The molecule has 0 aliphatic heterocycles. The summed E-state index contributed by atoms with van der Waals surface area (Å²) in [5, 5.41) is 2.88. The number of ketones is 1. The fourth-order valence-electron chi connectivity index (χ4n) is 3.65. The average molecular weight is 565 g/mol. The molecule has 1 amide bonds. The Kier molecular flexibility index (Phi) is 13.7. The van der Waals surface area contributed by atoms with Gasteiger partial charge in [-0.3, -0.25) is 9.59 Å². The highest BCUT2D eigenvalue weighted by molar-refractivity contribution is 9.10. The van der Waals surface area contributed by atoms with Crippen LogP contribution < -0.4 is 5.32 Å². The molecular weight excluding hydrogens is 530 g/mol. The van der Waals surface area contributed by atoms with Gasteiger partial charge in [-0.25, -0.2) is 4.79 Å². The number of nitrogens with one attached hydrogen (secondary N) is 1. The van der Waals surface area contributed by atoms with Gasteiger partial charge in [0, 0.05) is 5.56 Å². The molecule has 1 atom stereocenters. The summed E-state index contributed by atoms with van der Waals surface area (Å²) in [6.45, 7) is 2.58. The molecule has 190 valence electrons. The third kappa shape index (κ3) is 10.5. The Morgan fingerprint density at radius 3 is 2.09 bits per heavy atom. The number of esters is 1. The minimum absolute atomic E-state index is 0.246. The van der Waals surface area contributed by atoms with Crippen LogP contribution in [0.2, 0.25) is 5.02 Å². The first kappa shape index (κ1) is 29.1. The number of hydrogen-bond donors (Lipinski definition) is 1. The van der Waals surface area contributed by atoms with E-state index in [4.69, 9.17) is 16.3 Å². The van der Waals surface area contributed by atoms with Crippen molar-refractivity contribution in [2.24, 2.45) is 0 Å². The number of ether oxygens (including phenoxy) is 1. The number of hydrogen-bond acceptors (Lipinski definition) is 4. The van der Waals surface area contributed by atoms with Crippen LogP contribution in [0.5, 0.6) is 0 Å². The van der Waals surface area contributed by atoms with Crippen LogP contribution in [0.3, 0.4) is 0 Å². The molecule has 0 fully saturated rings. The standard InChI is InChI=1S/C28H35BrClNO4/c1-2-3-4-5-6-7-8-9-10-14-19-35-28(34)22-17-18-23(30)24(20-22)31-27(33)25(29)26(32)21-15-12-11-13-16-21/h11-13,15-18,20,25H,2-10,14,19H2,1H3,(H,31,33). The molecule has 1 unspecified atom stereocenters. The van der Waals surface area contributed by atoms with Crippen LogP contribution in [0.4, 0.5) is 5.69 Å². The summed E-state index contributed by atoms with van der Waals surface area (Å²) < 4.78 is 5.39. The van der Waals surface area contributed by atoms with Crippen LogP contribution in [-0.2, 0) is 9.53 Å². The van der Waals surface area contributed by atoms with Gasteiger partial charge in [-0.1, -0.05) is 123 Å². The summed E-state index contributed by atoms with van der Waals surface area (Å²) in [6, 6.07) is 13.1. The van der Waals surface area contributed by atoms with Crippen LogP contribution in [0.1, 0.15) is 91.8 Å². The zero-order valence-corrected chi connectivity index (χ0v) is 22.7. The van der Waals surface area contributed by atoms with Gasteiger partial charge < -0.3 is 10.1 Å². The molecule has 0 aromatic heterocycles. The number of alkyl halides is 1. The molecule has 0 saturated heterocycles. The Hall–Kier alpha value is -2.18. The van der Waals surface area contributed by atoms with E-state index in [-0.39, 0.29) is 22.1 Å². The second kappa shape index (κ2) is 16.5. The Morgan fingerprint density at radius 2 is 1.46 bits per heavy atom. The third-order valence-corrected chi connectivity index (χ3v) is 6.87. The van der Waals surface area contributed by atoms with Crippen molar-refractivity contribution < 1.29 is 19.1 Å². The van der Waals surface area contributed by atoms with E-state index in [9.17, 15) is 14.4 Å². The second-order valence-corrected chi connectivity index (χ2v) is 9.92. The van der Waals surface area contributed by atoms with Gasteiger partial charge in [0.2, 0.25) is 5.91 Å². The zero-order valence-electron chi connectivity index (χ0n) is 20.4. The quantitative estimate of drug-likeness (QED) is 0.0737. The van der Waals surface area contributed by atoms with E-state index >= 15 is 0 Å². The Morgan fingerprint density at radius 1 is 0.857 bits per heavy atom. The lowest BCUT2D eigenvalue weighted by Gasteiger charge is -2.13. The molecule has 2 aromatic carbocycles. The maximum atomic E-state index is 12.6. The van der Waals surface area contributed by atoms with E-state index in [1.165, 1.54) is 57.1 Å². The first-order valence-corrected chi connectivity index (χ1v) is 13.7. The first-order valence-electron chi connectivity index (χ1n) is 12.4. The molecule has 0 heterocycles. The Bertz CT molecular complexity index is 951. The number of rotatable bonds is 16. The highest BCUT2D eigenvalue weighted by atomic mass is 79.9. The lowest BCUT2D eigenvalue weighted by molar-refractivity contribution is -0.114. The summed E-state index contributed by atoms with van der Waals surface area (Å²) in [5.41, 5.74) is 0.951. The molecule has 0 aliphatic rings. The van der Waals surface area contributed by atoms with Crippen LogP contribution in [0.25, 0.3) is 0 Å². The summed E-state index contributed by atoms with van der Waals surface area (Å²) in [6.07, 6.45) is 12.1. The van der Waals surface area contributed by atoms with Crippen LogP contribution in [-0.4, -0.2) is 29.1 Å². The SMILES string of the molecule is CCCCCCCCCCCCOC(=O)c1ccc(Cl)c(NC(=O)C(Br)C(=O)c2ccccc2)c1.